The van der Waals surface area contributed by atoms with Gasteiger partial charge in [-0.3, -0.25) is 0 Å². The Labute approximate surface area is 75.8 Å². The van der Waals surface area contributed by atoms with E-state index < -0.39 is 5.97 Å². The standard InChI is InChI=1S/C9H9ClO2/c1-2-6-3-4-7(9(11)12)5-8(6)10/h3-5H,2H2,1H3,(H,11,12). The smallest absolute Gasteiger partial charge is 0.335 e. The van der Waals surface area contributed by atoms with Gasteiger partial charge in [-0.2, -0.15) is 0 Å². The van der Waals surface area contributed by atoms with Crippen molar-refractivity contribution in [3.05, 3.63) is 34.3 Å². The van der Waals surface area contributed by atoms with Crippen LogP contribution in [0.15, 0.2) is 18.2 Å². The molecule has 64 valence electrons. The molecule has 12 heavy (non-hydrogen) atoms. The van der Waals surface area contributed by atoms with Crippen LogP contribution in [0.5, 0.6) is 0 Å². The Bertz CT molecular complexity index is 307. The van der Waals surface area contributed by atoms with Crippen LogP contribution in [0.25, 0.3) is 0 Å². The van der Waals surface area contributed by atoms with Gasteiger partial charge in [0.2, 0.25) is 0 Å². The topological polar surface area (TPSA) is 37.3 Å². The van der Waals surface area contributed by atoms with Gasteiger partial charge in [-0.25, -0.2) is 4.79 Å². The van der Waals surface area contributed by atoms with Crippen LogP contribution in [0, 0.1) is 0 Å². The molecule has 2 nitrogen and oxygen atoms in total. The third-order valence-corrected chi connectivity index (χ3v) is 2.03. The molecule has 0 saturated heterocycles. The molecular weight excluding hydrogens is 176 g/mol. The normalized spacial score (nSPS) is 9.83. The van der Waals surface area contributed by atoms with Crippen molar-refractivity contribution in [3.63, 3.8) is 0 Å². The molecule has 0 spiro atoms. The zero-order valence-electron chi connectivity index (χ0n) is 6.67. The van der Waals surface area contributed by atoms with E-state index in [1.807, 2.05) is 6.92 Å². The Morgan fingerprint density at radius 1 is 1.58 bits per heavy atom. The van der Waals surface area contributed by atoms with Crippen molar-refractivity contribution in [2.75, 3.05) is 0 Å². The van der Waals surface area contributed by atoms with E-state index in [0.29, 0.717) is 5.02 Å². The lowest BCUT2D eigenvalue weighted by Gasteiger charge is -2.00. The number of hydrogen-bond donors (Lipinski definition) is 1. The summed E-state index contributed by atoms with van der Waals surface area (Å²) in [6.07, 6.45) is 0.818. The minimum Gasteiger partial charge on any atom is -0.478 e. The van der Waals surface area contributed by atoms with Crippen LogP contribution in [0.1, 0.15) is 22.8 Å². The van der Waals surface area contributed by atoms with Crippen molar-refractivity contribution in [1.29, 1.82) is 0 Å². The molecule has 1 aromatic carbocycles. The zero-order valence-corrected chi connectivity index (χ0v) is 7.43. The van der Waals surface area contributed by atoms with E-state index in [0.717, 1.165) is 12.0 Å². The summed E-state index contributed by atoms with van der Waals surface area (Å²) in [6, 6.07) is 4.78. The second kappa shape index (κ2) is 3.59. The summed E-state index contributed by atoms with van der Waals surface area (Å²) in [5, 5.41) is 9.14. The fraction of sp³-hybridized carbons (Fsp3) is 0.222. The third-order valence-electron chi connectivity index (χ3n) is 1.68. The van der Waals surface area contributed by atoms with Crippen molar-refractivity contribution >= 4 is 17.6 Å². The molecule has 0 amide bonds. The van der Waals surface area contributed by atoms with E-state index in [1.165, 1.54) is 6.07 Å². The van der Waals surface area contributed by atoms with Crippen LogP contribution in [0.2, 0.25) is 5.02 Å². The fourth-order valence-corrected chi connectivity index (χ4v) is 1.28. The fourth-order valence-electron chi connectivity index (χ4n) is 0.967. The highest BCUT2D eigenvalue weighted by Gasteiger charge is 2.04. The van der Waals surface area contributed by atoms with Gasteiger partial charge in [-0.15, -0.1) is 0 Å². The lowest BCUT2D eigenvalue weighted by molar-refractivity contribution is 0.0697. The molecule has 0 fully saturated rings. The first-order valence-electron chi connectivity index (χ1n) is 3.67. The molecule has 3 heteroatoms. The number of hydrogen-bond acceptors (Lipinski definition) is 1. The number of carboxylic acids is 1. The van der Waals surface area contributed by atoms with Crippen LogP contribution in [0.4, 0.5) is 0 Å². The second-order valence-electron chi connectivity index (χ2n) is 2.46. The minimum atomic E-state index is -0.945. The highest BCUT2D eigenvalue weighted by molar-refractivity contribution is 6.31. The minimum absolute atomic E-state index is 0.234. The van der Waals surface area contributed by atoms with Gasteiger partial charge in [0, 0.05) is 5.02 Å². The van der Waals surface area contributed by atoms with Gasteiger partial charge < -0.3 is 5.11 Å². The highest BCUT2D eigenvalue weighted by Crippen LogP contribution is 2.18. The van der Waals surface area contributed by atoms with Crippen LogP contribution >= 0.6 is 11.6 Å². The Morgan fingerprint density at radius 3 is 2.67 bits per heavy atom. The maximum atomic E-state index is 10.5. The van der Waals surface area contributed by atoms with E-state index in [9.17, 15) is 4.79 Å². The average molecular weight is 185 g/mol. The van der Waals surface area contributed by atoms with Crippen LogP contribution in [-0.2, 0) is 6.42 Å². The summed E-state index contributed by atoms with van der Waals surface area (Å²) in [7, 11) is 0. The first-order chi connectivity index (χ1) is 5.65. The molecule has 0 heterocycles. The number of carbonyl (C=O) groups is 1. The summed E-state index contributed by atoms with van der Waals surface area (Å²) >= 11 is 5.81. The Morgan fingerprint density at radius 2 is 2.25 bits per heavy atom. The molecule has 1 rings (SSSR count). The number of aromatic carboxylic acids is 1. The first kappa shape index (κ1) is 9.07. The molecule has 0 aliphatic rings. The number of carboxylic acid groups (broad SMARTS) is 1. The number of rotatable bonds is 2. The van der Waals surface area contributed by atoms with Gasteiger partial charge in [-0.05, 0) is 24.1 Å². The number of halogens is 1. The summed E-state index contributed by atoms with van der Waals surface area (Å²) in [5.41, 5.74) is 1.21. The Balaban J connectivity index is 3.10. The molecule has 0 radical (unpaired) electrons. The molecule has 0 aliphatic heterocycles. The molecule has 0 saturated carbocycles. The van der Waals surface area contributed by atoms with Crippen molar-refractivity contribution in [3.8, 4) is 0 Å². The van der Waals surface area contributed by atoms with Gasteiger partial charge in [0.05, 0.1) is 5.56 Å². The quantitative estimate of drug-likeness (QED) is 0.767. The van der Waals surface area contributed by atoms with Gasteiger partial charge >= 0.3 is 5.97 Å². The molecule has 1 aromatic rings. The van der Waals surface area contributed by atoms with Crippen molar-refractivity contribution in [2.24, 2.45) is 0 Å². The van der Waals surface area contributed by atoms with Crippen molar-refractivity contribution < 1.29 is 9.90 Å². The molecular formula is C9H9ClO2. The third kappa shape index (κ3) is 1.77. The van der Waals surface area contributed by atoms with Gasteiger partial charge in [-0.1, -0.05) is 24.6 Å². The average Bonchev–Trinajstić information content (AvgIpc) is 2.04. The van der Waals surface area contributed by atoms with E-state index in [-0.39, 0.29) is 5.56 Å². The predicted molar refractivity (Wildman–Crippen MR) is 47.8 cm³/mol. The van der Waals surface area contributed by atoms with Crippen molar-refractivity contribution in [1.82, 2.24) is 0 Å². The summed E-state index contributed by atoms with van der Waals surface area (Å²) in [6.45, 7) is 1.97. The molecule has 0 bridgehead atoms. The molecule has 1 N–H and O–H groups in total. The maximum absolute atomic E-state index is 10.5. The largest absolute Gasteiger partial charge is 0.478 e. The monoisotopic (exact) mass is 184 g/mol. The van der Waals surface area contributed by atoms with Crippen molar-refractivity contribution in [2.45, 2.75) is 13.3 Å². The summed E-state index contributed by atoms with van der Waals surface area (Å²) in [5.74, 6) is -0.945. The predicted octanol–water partition coefficient (Wildman–Crippen LogP) is 2.60. The molecule has 0 aliphatic carbocycles. The van der Waals surface area contributed by atoms with Gasteiger partial charge in [0.15, 0.2) is 0 Å². The summed E-state index contributed by atoms with van der Waals surface area (Å²) in [4.78, 5) is 10.5. The van der Waals surface area contributed by atoms with Gasteiger partial charge in [0.1, 0.15) is 0 Å². The molecule has 0 atom stereocenters. The van der Waals surface area contributed by atoms with E-state index in [4.69, 9.17) is 16.7 Å². The maximum Gasteiger partial charge on any atom is 0.335 e. The Kier molecular flexibility index (Phi) is 2.71. The van der Waals surface area contributed by atoms with E-state index >= 15 is 0 Å². The first-order valence-corrected chi connectivity index (χ1v) is 4.04. The number of benzene rings is 1. The zero-order chi connectivity index (χ0) is 9.14. The number of aryl methyl sites for hydroxylation is 1. The second-order valence-corrected chi connectivity index (χ2v) is 2.87. The Hall–Kier alpha value is -1.02. The van der Waals surface area contributed by atoms with E-state index in [1.54, 1.807) is 12.1 Å². The summed E-state index contributed by atoms with van der Waals surface area (Å²) < 4.78 is 0. The van der Waals surface area contributed by atoms with Crippen LogP contribution in [0.3, 0.4) is 0 Å². The lowest BCUT2D eigenvalue weighted by Crippen LogP contribution is -1.96. The highest BCUT2D eigenvalue weighted by atomic mass is 35.5. The lowest BCUT2D eigenvalue weighted by atomic mass is 10.1. The van der Waals surface area contributed by atoms with Gasteiger partial charge in [0.25, 0.3) is 0 Å². The molecule has 0 aromatic heterocycles. The van der Waals surface area contributed by atoms with E-state index in [2.05, 4.69) is 0 Å². The SMILES string of the molecule is CCc1ccc(C(=O)O)cc1Cl. The molecule has 0 unspecified atom stereocenters. The van der Waals surface area contributed by atoms with Crippen LogP contribution < -0.4 is 0 Å². The van der Waals surface area contributed by atoms with Crippen LogP contribution in [-0.4, -0.2) is 11.1 Å².